The van der Waals surface area contributed by atoms with Crippen molar-refractivity contribution in [1.29, 1.82) is 0 Å². The van der Waals surface area contributed by atoms with Crippen LogP contribution in [0, 0.1) is 30.6 Å². The minimum absolute atomic E-state index is 0.0544. The number of piperazine rings is 1. The molecule has 316 valence electrons. The number of nitrogens with one attached hydrogen (secondary N) is 2. The van der Waals surface area contributed by atoms with Gasteiger partial charge in [-0.15, -0.1) is 0 Å². The normalized spacial score (nSPS) is 30.1. The molecule has 9 unspecified atom stereocenters. The van der Waals surface area contributed by atoms with E-state index >= 15 is 0 Å². The number of rotatable bonds is 4. The number of nitrogens with zero attached hydrogens (tertiary/aromatic N) is 2. The van der Waals surface area contributed by atoms with Crippen LogP contribution >= 0.6 is 0 Å². The minimum atomic E-state index is -2.04. The van der Waals surface area contributed by atoms with Gasteiger partial charge in [0.1, 0.15) is 23.4 Å². The van der Waals surface area contributed by atoms with Gasteiger partial charge in [-0.05, 0) is 19.9 Å². The molecule has 6 rings (SSSR count). The second-order valence-electron chi connectivity index (χ2n) is 15.6. The molecular weight excluding hydrogens is 752 g/mol. The van der Waals surface area contributed by atoms with E-state index in [4.69, 9.17) is 18.9 Å². The van der Waals surface area contributed by atoms with Gasteiger partial charge in [-0.25, -0.2) is 0 Å². The summed E-state index contributed by atoms with van der Waals surface area (Å²) in [4.78, 5) is 40.4. The largest absolute Gasteiger partial charge is 0.507 e. The van der Waals surface area contributed by atoms with Crippen molar-refractivity contribution in [3.63, 3.8) is 0 Å². The standard InChI is InChI=1S/C42H56N4O12/c1-20-11-10-12-21(2)41(54)45-32-27(19-44-46-16-14-43-15-17-46)36(51)29-30(37(32)52)35(50)25(6)39-31(29)40(53)42(8,58-39)56-18-13-28(55-9)22(3)38(57-26(7)47)24(5)34(49)23(4)33(20)48/h10-13,18-20,22-24,28,33-34,38,43,48-52H,14-17H2,1-9H3,(H,45,54)/b11-10?,18-13?,21-12?,44-19+. The van der Waals surface area contributed by atoms with E-state index in [1.54, 1.807) is 44.9 Å². The van der Waals surface area contributed by atoms with Gasteiger partial charge in [-0.2, -0.15) is 5.10 Å². The van der Waals surface area contributed by atoms with E-state index in [1.807, 2.05) is 0 Å². The van der Waals surface area contributed by atoms with Gasteiger partial charge in [0.25, 0.3) is 11.7 Å². The molecule has 0 aromatic heterocycles. The maximum Gasteiger partial charge on any atom is 0.312 e. The summed E-state index contributed by atoms with van der Waals surface area (Å²) < 4.78 is 23.6. The minimum Gasteiger partial charge on any atom is -0.507 e. The zero-order chi connectivity index (χ0) is 42.8. The molecule has 1 fully saturated rings. The molecule has 0 spiro atoms. The van der Waals surface area contributed by atoms with Gasteiger partial charge in [0, 0.05) is 87.3 Å². The van der Waals surface area contributed by atoms with Crippen LogP contribution in [0.4, 0.5) is 5.69 Å². The van der Waals surface area contributed by atoms with Gasteiger partial charge in [-0.1, -0.05) is 45.9 Å². The molecule has 2 aromatic carbocycles. The Morgan fingerprint density at radius 3 is 2.28 bits per heavy atom. The quantitative estimate of drug-likeness (QED) is 0.100. The second kappa shape index (κ2) is 17.8. The first-order valence-electron chi connectivity index (χ1n) is 19.4. The van der Waals surface area contributed by atoms with E-state index in [1.165, 1.54) is 59.4 Å². The molecule has 0 aliphatic carbocycles. The maximum absolute atomic E-state index is 14.4. The van der Waals surface area contributed by atoms with E-state index in [0.29, 0.717) is 26.2 Å². The van der Waals surface area contributed by atoms with Crippen molar-refractivity contribution in [1.82, 2.24) is 10.3 Å². The number of ketones is 1. The van der Waals surface area contributed by atoms with Crippen LogP contribution < -0.4 is 15.4 Å². The lowest BCUT2D eigenvalue weighted by atomic mass is 9.78. The first kappa shape index (κ1) is 44.0. The van der Waals surface area contributed by atoms with E-state index < -0.39 is 88.8 Å². The van der Waals surface area contributed by atoms with Crippen molar-refractivity contribution >= 4 is 40.3 Å². The van der Waals surface area contributed by atoms with Crippen LogP contribution in [0.5, 0.6) is 23.0 Å². The first-order valence-corrected chi connectivity index (χ1v) is 19.4. The molecule has 16 nitrogen and oxygen atoms in total. The zero-order valence-corrected chi connectivity index (χ0v) is 34.4. The van der Waals surface area contributed by atoms with Crippen molar-refractivity contribution in [3.05, 3.63) is 52.8 Å². The molecule has 4 aliphatic heterocycles. The number of hydrogen-bond donors (Lipinski definition) is 7. The highest BCUT2D eigenvalue weighted by Crippen LogP contribution is 2.55. The van der Waals surface area contributed by atoms with Crippen LogP contribution in [-0.4, -0.2) is 118 Å². The Labute approximate surface area is 337 Å². The van der Waals surface area contributed by atoms with Crippen molar-refractivity contribution in [3.8, 4) is 23.0 Å². The van der Waals surface area contributed by atoms with E-state index in [2.05, 4.69) is 15.7 Å². The summed E-state index contributed by atoms with van der Waals surface area (Å²) in [7, 11) is 1.44. The zero-order valence-electron chi connectivity index (χ0n) is 34.4. The highest BCUT2D eigenvalue weighted by Gasteiger charge is 2.50. The molecule has 0 radical (unpaired) electrons. The number of anilines is 1. The highest BCUT2D eigenvalue weighted by molar-refractivity contribution is 6.23. The number of hydrogen-bond acceptors (Lipinski definition) is 15. The number of esters is 1. The lowest BCUT2D eigenvalue weighted by Gasteiger charge is -2.38. The van der Waals surface area contributed by atoms with Gasteiger partial charge in [0.05, 0.1) is 53.0 Å². The summed E-state index contributed by atoms with van der Waals surface area (Å²) in [5.41, 5.74) is -0.364. The number of Topliss-reactive ketones (excluding diaryl/α,β-unsaturated/α-hetero) is 1. The number of amides is 1. The maximum atomic E-state index is 14.4. The highest BCUT2D eigenvalue weighted by atomic mass is 16.7. The monoisotopic (exact) mass is 808 g/mol. The third kappa shape index (κ3) is 8.51. The predicted molar refractivity (Wildman–Crippen MR) is 216 cm³/mol. The second-order valence-corrected chi connectivity index (χ2v) is 15.6. The smallest absolute Gasteiger partial charge is 0.312 e. The number of aliphatic hydroxyl groups is 2. The van der Waals surface area contributed by atoms with E-state index in [0.717, 1.165) is 0 Å². The number of ether oxygens (including phenoxy) is 4. The first-order chi connectivity index (χ1) is 27.3. The molecule has 4 heterocycles. The third-order valence-electron chi connectivity index (χ3n) is 11.5. The lowest BCUT2D eigenvalue weighted by molar-refractivity contribution is -0.160. The fourth-order valence-corrected chi connectivity index (χ4v) is 7.78. The van der Waals surface area contributed by atoms with Gasteiger partial charge in [0.15, 0.2) is 5.75 Å². The molecule has 16 heteroatoms. The molecular formula is C42H56N4O12. The van der Waals surface area contributed by atoms with Gasteiger partial charge in [0.2, 0.25) is 0 Å². The Balaban J connectivity index is 1.71. The topological polar surface area (TPSA) is 229 Å². The van der Waals surface area contributed by atoms with Crippen LogP contribution in [0.25, 0.3) is 10.8 Å². The Morgan fingerprint density at radius 1 is 0.966 bits per heavy atom. The van der Waals surface area contributed by atoms with Gasteiger partial charge >= 0.3 is 11.8 Å². The van der Waals surface area contributed by atoms with Crippen LogP contribution in [0.15, 0.2) is 41.2 Å². The predicted octanol–water partition coefficient (Wildman–Crippen LogP) is 3.99. The van der Waals surface area contributed by atoms with Crippen molar-refractivity contribution < 1.29 is 58.9 Å². The number of aliphatic hydroxyl groups excluding tert-OH is 2. The molecule has 0 saturated carbocycles. The average molecular weight is 809 g/mol. The Morgan fingerprint density at radius 2 is 1.64 bits per heavy atom. The number of aromatic hydroxyl groups is 3. The number of hydrazone groups is 1. The number of fused-ring (bicyclic) bond motifs is 14. The molecule has 9 atom stereocenters. The molecule has 58 heavy (non-hydrogen) atoms. The van der Waals surface area contributed by atoms with Crippen LogP contribution in [0.3, 0.4) is 0 Å². The van der Waals surface area contributed by atoms with Gasteiger partial charge in [-0.3, -0.25) is 19.4 Å². The van der Waals surface area contributed by atoms with Gasteiger partial charge < -0.3 is 55.1 Å². The summed E-state index contributed by atoms with van der Waals surface area (Å²) in [6.07, 6.45) is 4.83. The van der Waals surface area contributed by atoms with Crippen molar-refractivity contribution in [2.75, 3.05) is 38.6 Å². The molecule has 1 amide bonds. The molecule has 4 aliphatic rings. The average Bonchev–Trinajstić information content (AvgIpc) is 3.46. The number of methoxy groups -OCH3 is 1. The fraction of sp³-hybridized carbons (Fsp3) is 0.524. The summed E-state index contributed by atoms with van der Waals surface area (Å²) in [5.74, 6) is -8.36. The molecule has 1 saturated heterocycles. The van der Waals surface area contributed by atoms with Crippen molar-refractivity contribution in [2.45, 2.75) is 85.6 Å². The summed E-state index contributed by atoms with van der Waals surface area (Å²) in [6, 6.07) is 0. The number of phenols is 3. The molecule has 2 aromatic rings. The Kier molecular flexibility index (Phi) is 13.5. The van der Waals surface area contributed by atoms with Crippen LogP contribution in [0.1, 0.15) is 70.0 Å². The lowest BCUT2D eigenvalue weighted by Crippen LogP contribution is -2.46. The number of benzene rings is 2. The SMILES string of the molecule is COC1C=COC2(C)Oc3c(C)c(O)c4c(O)c(c(/C=N/N5CCNCC5)c(O)c4c3C2=O)NC(=O)C(C)=CC=CC(C)C(O)C(C)C(O)C(C)C(OC(C)=O)C1C. The van der Waals surface area contributed by atoms with Crippen molar-refractivity contribution in [2.24, 2.45) is 28.8 Å². The number of phenolic OH excluding ortho intramolecular Hbond substituents is 3. The number of allylic oxidation sites excluding steroid dienone is 2. The number of carbonyl (C=O) groups is 3. The van der Waals surface area contributed by atoms with Crippen LogP contribution in [0.2, 0.25) is 0 Å². The fourth-order valence-electron chi connectivity index (χ4n) is 7.78. The molecule has 5 bridgehead atoms. The summed E-state index contributed by atoms with van der Waals surface area (Å²) in [5, 5.41) is 69.8. The third-order valence-corrected chi connectivity index (χ3v) is 11.5. The Hall–Kier alpha value is -5.16. The summed E-state index contributed by atoms with van der Waals surface area (Å²) in [6.45, 7) is 14.9. The Bertz CT molecular complexity index is 2040. The number of carbonyl (C=O) groups excluding carboxylic acids is 3. The summed E-state index contributed by atoms with van der Waals surface area (Å²) >= 11 is 0. The van der Waals surface area contributed by atoms with E-state index in [9.17, 15) is 39.9 Å². The van der Waals surface area contributed by atoms with E-state index in [-0.39, 0.29) is 44.5 Å². The van der Waals surface area contributed by atoms with Crippen LogP contribution in [-0.2, 0) is 23.8 Å². The molecule has 7 N–H and O–H groups in total.